The lowest BCUT2D eigenvalue weighted by atomic mass is 10.3. The molecule has 0 amide bonds. The fraction of sp³-hybridized carbons (Fsp3) is 0.583. The van der Waals surface area contributed by atoms with Crippen molar-refractivity contribution in [1.82, 2.24) is 4.57 Å². The average molecular weight is 211 g/mol. The Morgan fingerprint density at radius 3 is 2.67 bits per heavy atom. The van der Waals surface area contributed by atoms with E-state index in [1.807, 2.05) is 39.8 Å². The van der Waals surface area contributed by atoms with E-state index in [1.165, 1.54) is 0 Å². The molecule has 0 unspecified atom stereocenters. The zero-order valence-corrected chi connectivity index (χ0v) is 10.1. The molecule has 1 rings (SSSR count). The van der Waals surface area contributed by atoms with Gasteiger partial charge >= 0.3 is 0 Å². The third kappa shape index (κ3) is 4.79. The third-order valence-corrected chi connectivity index (χ3v) is 1.89. The first-order valence-corrected chi connectivity index (χ1v) is 5.49. The van der Waals surface area contributed by atoms with Gasteiger partial charge < -0.3 is 9.30 Å². The number of ether oxygens (including phenoxy) is 1. The lowest BCUT2D eigenvalue weighted by Gasteiger charge is -2.05. The highest BCUT2D eigenvalue weighted by atomic mass is 16.5. The Morgan fingerprint density at radius 2 is 2.07 bits per heavy atom. The quantitative estimate of drug-likeness (QED) is 0.715. The van der Waals surface area contributed by atoms with Gasteiger partial charge in [-0.1, -0.05) is 19.9 Å². The van der Waals surface area contributed by atoms with Gasteiger partial charge in [-0.2, -0.15) is 0 Å². The van der Waals surface area contributed by atoms with Gasteiger partial charge in [0.25, 0.3) is 5.56 Å². The van der Waals surface area contributed by atoms with Crippen LogP contribution in [0.15, 0.2) is 23.1 Å². The molecule has 0 N–H and O–H groups in total. The van der Waals surface area contributed by atoms with E-state index in [0.29, 0.717) is 19.8 Å². The van der Waals surface area contributed by atoms with E-state index in [4.69, 9.17) is 4.74 Å². The number of nitrogens with zero attached hydrogens (tertiary/aromatic N) is 1. The SMILES string of the molecule is CC.CCOCCn1cccc(C)c1=O. The van der Waals surface area contributed by atoms with Crippen molar-refractivity contribution in [3.63, 3.8) is 0 Å². The minimum Gasteiger partial charge on any atom is -0.380 e. The highest BCUT2D eigenvalue weighted by molar-refractivity contribution is 5.07. The summed E-state index contributed by atoms with van der Waals surface area (Å²) in [4.78, 5) is 11.5. The highest BCUT2D eigenvalue weighted by Crippen LogP contribution is 1.89. The van der Waals surface area contributed by atoms with E-state index in [1.54, 1.807) is 10.8 Å². The van der Waals surface area contributed by atoms with Crippen LogP contribution < -0.4 is 5.56 Å². The molecule has 1 aromatic heterocycles. The van der Waals surface area contributed by atoms with Crippen molar-refractivity contribution in [2.24, 2.45) is 0 Å². The van der Waals surface area contributed by atoms with Crippen LogP contribution in [0.1, 0.15) is 26.3 Å². The van der Waals surface area contributed by atoms with Crippen molar-refractivity contribution >= 4 is 0 Å². The Balaban J connectivity index is 0.000000921. The first kappa shape index (κ1) is 13.9. The van der Waals surface area contributed by atoms with Gasteiger partial charge in [0, 0.05) is 24.9 Å². The summed E-state index contributed by atoms with van der Waals surface area (Å²) in [5.41, 5.74) is 0.848. The molecule has 0 atom stereocenters. The lowest BCUT2D eigenvalue weighted by Crippen LogP contribution is -2.23. The van der Waals surface area contributed by atoms with E-state index >= 15 is 0 Å². The Labute approximate surface area is 91.7 Å². The number of hydrogen-bond acceptors (Lipinski definition) is 2. The van der Waals surface area contributed by atoms with Crippen LogP contribution in [0.2, 0.25) is 0 Å². The summed E-state index contributed by atoms with van der Waals surface area (Å²) in [6.45, 7) is 9.69. The summed E-state index contributed by atoms with van der Waals surface area (Å²) in [5.74, 6) is 0. The van der Waals surface area contributed by atoms with Crippen molar-refractivity contribution in [2.45, 2.75) is 34.2 Å². The molecular formula is C12H21NO2. The summed E-state index contributed by atoms with van der Waals surface area (Å²) in [7, 11) is 0. The topological polar surface area (TPSA) is 31.2 Å². The number of rotatable bonds is 4. The molecule has 0 bridgehead atoms. The van der Waals surface area contributed by atoms with Gasteiger partial charge in [-0.05, 0) is 19.9 Å². The number of pyridine rings is 1. The molecule has 0 saturated heterocycles. The second-order valence-corrected chi connectivity index (χ2v) is 2.89. The van der Waals surface area contributed by atoms with Gasteiger partial charge in [0.15, 0.2) is 0 Å². The van der Waals surface area contributed by atoms with Crippen LogP contribution in [0.4, 0.5) is 0 Å². The molecule has 0 radical (unpaired) electrons. The molecule has 0 aliphatic heterocycles. The van der Waals surface area contributed by atoms with Gasteiger partial charge in [-0.15, -0.1) is 0 Å². The molecule has 15 heavy (non-hydrogen) atoms. The Bertz CT molecular complexity index is 318. The molecule has 0 saturated carbocycles. The molecule has 0 spiro atoms. The Hall–Kier alpha value is -1.09. The van der Waals surface area contributed by atoms with E-state index in [-0.39, 0.29) is 5.56 Å². The van der Waals surface area contributed by atoms with Crippen molar-refractivity contribution in [3.05, 3.63) is 34.2 Å². The number of aromatic nitrogens is 1. The van der Waals surface area contributed by atoms with Gasteiger partial charge in [0.2, 0.25) is 0 Å². The highest BCUT2D eigenvalue weighted by Gasteiger charge is 1.96. The Kier molecular flexibility index (Phi) is 7.64. The van der Waals surface area contributed by atoms with Crippen molar-refractivity contribution < 1.29 is 4.74 Å². The first-order valence-electron chi connectivity index (χ1n) is 5.49. The van der Waals surface area contributed by atoms with Crippen LogP contribution >= 0.6 is 0 Å². The van der Waals surface area contributed by atoms with Crippen molar-refractivity contribution in [3.8, 4) is 0 Å². The van der Waals surface area contributed by atoms with Crippen LogP contribution in [0.5, 0.6) is 0 Å². The zero-order valence-electron chi connectivity index (χ0n) is 10.1. The van der Waals surface area contributed by atoms with Gasteiger partial charge in [-0.3, -0.25) is 4.79 Å². The fourth-order valence-corrected chi connectivity index (χ4v) is 1.14. The molecule has 0 aromatic carbocycles. The molecule has 86 valence electrons. The summed E-state index contributed by atoms with van der Waals surface area (Å²) >= 11 is 0. The molecule has 0 aliphatic rings. The first-order chi connectivity index (χ1) is 7.25. The maximum atomic E-state index is 11.5. The van der Waals surface area contributed by atoms with Crippen LogP contribution in [0.3, 0.4) is 0 Å². The minimum atomic E-state index is 0.0715. The zero-order chi connectivity index (χ0) is 11.7. The van der Waals surface area contributed by atoms with E-state index < -0.39 is 0 Å². The van der Waals surface area contributed by atoms with Crippen molar-refractivity contribution in [1.29, 1.82) is 0 Å². The largest absolute Gasteiger partial charge is 0.380 e. The molecule has 0 fully saturated rings. The smallest absolute Gasteiger partial charge is 0.253 e. The van der Waals surface area contributed by atoms with E-state index in [0.717, 1.165) is 5.56 Å². The van der Waals surface area contributed by atoms with Crippen LogP contribution in [0, 0.1) is 6.92 Å². The van der Waals surface area contributed by atoms with Gasteiger partial charge in [0.05, 0.1) is 6.61 Å². The van der Waals surface area contributed by atoms with Gasteiger partial charge in [-0.25, -0.2) is 0 Å². The predicted molar refractivity (Wildman–Crippen MR) is 63.3 cm³/mol. The molecule has 3 heteroatoms. The fourth-order valence-electron chi connectivity index (χ4n) is 1.14. The van der Waals surface area contributed by atoms with Crippen LogP contribution in [-0.2, 0) is 11.3 Å². The minimum absolute atomic E-state index is 0.0715. The standard InChI is InChI=1S/C10H15NO2.C2H6/c1-3-13-8-7-11-6-4-5-9(2)10(11)12;1-2/h4-6H,3,7-8H2,1-2H3;1-2H3. The van der Waals surface area contributed by atoms with Crippen LogP contribution in [0.25, 0.3) is 0 Å². The molecular weight excluding hydrogens is 190 g/mol. The molecule has 1 heterocycles. The maximum Gasteiger partial charge on any atom is 0.253 e. The summed E-state index contributed by atoms with van der Waals surface area (Å²) in [6.07, 6.45) is 1.79. The molecule has 0 aliphatic carbocycles. The summed E-state index contributed by atoms with van der Waals surface area (Å²) < 4.78 is 6.84. The van der Waals surface area contributed by atoms with E-state index in [9.17, 15) is 4.79 Å². The second kappa shape index (κ2) is 8.24. The van der Waals surface area contributed by atoms with Crippen LogP contribution in [-0.4, -0.2) is 17.8 Å². The number of aryl methyl sites for hydroxylation is 1. The van der Waals surface area contributed by atoms with Gasteiger partial charge in [0.1, 0.15) is 0 Å². The summed E-state index contributed by atoms with van der Waals surface area (Å²) in [5, 5.41) is 0. The maximum absolute atomic E-state index is 11.5. The monoisotopic (exact) mass is 211 g/mol. The second-order valence-electron chi connectivity index (χ2n) is 2.89. The third-order valence-electron chi connectivity index (χ3n) is 1.89. The molecule has 3 nitrogen and oxygen atoms in total. The van der Waals surface area contributed by atoms with Crippen molar-refractivity contribution in [2.75, 3.05) is 13.2 Å². The normalized spacial score (nSPS) is 9.33. The lowest BCUT2D eigenvalue weighted by molar-refractivity contribution is 0.138. The Morgan fingerprint density at radius 1 is 1.40 bits per heavy atom. The predicted octanol–water partition coefficient (Wildman–Crippen LogP) is 2.22. The van der Waals surface area contributed by atoms with E-state index in [2.05, 4.69) is 0 Å². The summed E-state index contributed by atoms with van der Waals surface area (Å²) in [6, 6.07) is 3.70. The number of hydrogen-bond donors (Lipinski definition) is 0. The molecule has 1 aromatic rings. The average Bonchev–Trinajstić information content (AvgIpc) is 2.27.